The number of nitrogens with zero attached hydrogens (tertiary/aromatic N) is 5. The summed E-state index contributed by atoms with van der Waals surface area (Å²) in [6.07, 6.45) is 5.55. The first kappa shape index (κ1) is 21.3. The third kappa shape index (κ3) is 5.20. The average Bonchev–Trinajstić information content (AvgIpc) is 3.52. The minimum Gasteiger partial charge on any atom is -0.307 e. The van der Waals surface area contributed by atoms with E-state index in [0.717, 1.165) is 27.4 Å². The highest BCUT2D eigenvalue weighted by atomic mass is 32.1. The van der Waals surface area contributed by atoms with Gasteiger partial charge in [0.25, 0.3) is 0 Å². The fraction of sp³-hybridized carbons (Fsp3) is 0.167. The van der Waals surface area contributed by atoms with E-state index >= 15 is 0 Å². The normalized spacial score (nSPS) is 11.0. The van der Waals surface area contributed by atoms with Gasteiger partial charge in [-0.1, -0.05) is 36.4 Å². The molecule has 0 aliphatic heterocycles. The lowest BCUT2D eigenvalue weighted by atomic mass is 10.2. The summed E-state index contributed by atoms with van der Waals surface area (Å²) in [5.41, 5.74) is 3.65. The van der Waals surface area contributed by atoms with Gasteiger partial charge >= 0.3 is 0 Å². The van der Waals surface area contributed by atoms with E-state index in [1.54, 1.807) is 28.2 Å². The van der Waals surface area contributed by atoms with E-state index in [0.29, 0.717) is 25.3 Å². The number of aromatic nitrogens is 4. The first-order valence-electron chi connectivity index (χ1n) is 10.2. The summed E-state index contributed by atoms with van der Waals surface area (Å²) in [4.78, 5) is 13.6. The van der Waals surface area contributed by atoms with Gasteiger partial charge in [-0.05, 0) is 30.0 Å². The minimum atomic E-state index is -0.268. The van der Waals surface area contributed by atoms with Crippen LogP contribution in [0.1, 0.15) is 23.2 Å². The fourth-order valence-corrected chi connectivity index (χ4v) is 4.05. The van der Waals surface area contributed by atoms with Crippen molar-refractivity contribution in [3.8, 4) is 16.6 Å². The molecule has 0 aliphatic rings. The molecule has 0 fully saturated rings. The maximum absolute atomic E-state index is 12.6. The number of nitriles is 1. The van der Waals surface area contributed by atoms with Gasteiger partial charge < -0.3 is 5.32 Å². The van der Waals surface area contributed by atoms with Crippen molar-refractivity contribution in [1.82, 2.24) is 19.6 Å². The molecule has 0 saturated carbocycles. The second-order valence-electron chi connectivity index (χ2n) is 7.22. The number of aryl methyl sites for hydroxylation is 2. The SMILES string of the molecule is Cc1cc(NC(=O)/C=C/c2cn(Cc3ccccc3)nc2-c2cccs2)n(CCC#N)n1. The van der Waals surface area contributed by atoms with Crippen LogP contribution in [-0.2, 0) is 17.9 Å². The highest BCUT2D eigenvalue weighted by molar-refractivity contribution is 7.13. The average molecular weight is 443 g/mol. The van der Waals surface area contributed by atoms with Crippen LogP contribution < -0.4 is 5.32 Å². The van der Waals surface area contributed by atoms with Crippen LogP contribution >= 0.6 is 11.3 Å². The number of hydrogen-bond acceptors (Lipinski definition) is 5. The Balaban J connectivity index is 1.54. The van der Waals surface area contributed by atoms with Crippen molar-refractivity contribution in [1.29, 1.82) is 5.26 Å². The van der Waals surface area contributed by atoms with E-state index in [2.05, 4.69) is 28.6 Å². The third-order valence-corrected chi connectivity index (χ3v) is 5.61. The summed E-state index contributed by atoms with van der Waals surface area (Å²) in [5.74, 6) is 0.307. The van der Waals surface area contributed by atoms with Gasteiger partial charge in [-0.3, -0.25) is 9.48 Å². The molecule has 0 aliphatic carbocycles. The number of amides is 1. The molecule has 1 N–H and O–H groups in total. The van der Waals surface area contributed by atoms with Gasteiger partial charge in [0.05, 0.1) is 36.2 Å². The molecule has 0 unspecified atom stereocenters. The van der Waals surface area contributed by atoms with Gasteiger partial charge in [-0.25, -0.2) is 4.68 Å². The number of thiophene rings is 1. The molecular formula is C24H22N6OS. The van der Waals surface area contributed by atoms with Crippen LogP contribution in [0.25, 0.3) is 16.6 Å². The van der Waals surface area contributed by atoms with Crippen LogP contribution in [-0.4, -0.2) is 25.5 Å². The van der Waals surface area contributed by atoms with Crippen molar-refractivity contribution in [3.63, 3.8) is 0 Å². The molecule has 1 amide bonds. The van der Waals surface area contributed by atoms with Crippen molar-refractivity contribution >= 4 is 29.1 Å². The number of benzene rings is 1. The molecule has 0 atom stereocenters. The van der Waals surface area contributed by atoms with Crippen molar-refractivity contribution in [3.05, 3.63) is 83.0 Å². The van der Waals surface area contributed by atoms with E-state index < -0.39 is 0 Å². The Hall–Kier alpha value is -3.96. The van der Waals surface area contributed by atoms with Crippen LogP contribution in [0, 0.1) is 18.3 Å². The van der Waals surface area contributed by atoms with Gasteiger partial charge in [0.15, 0.2) is 0 Å². The summed E-state index contributed by atoms with van der Waals surface area (Å²) < 4.78 is 3.53. The maximum atomic E-state index is 12.6. The van der Waals surface area contributed by atoms with Crippen LogP contribution in [0.15, 0.2) is 66.2 Å². The molecule has 32 heavy (non-hydrogen) atoms. The van der Waals surface area contributed by atoms with E-state index in [9.17, 15) is 4.79 Å². The summed E-state index contributed by atoms with van der Waals surface area (Å²) in [6.45, 7) is 2.93. The topological polar surface area (TPSA) is 88.5 Å². The molecule has 8 heteroatoms. The van der Waals surface area contributed by atoms with E-state index in [-0.39, 0.29) is 5.91 Å². The number of carbonyl (C=O) groups excluding carboxylic acids is 1. The first-order chi connectivity index (χ1) is 15.6. The molecule has 0 saturated heterocycles. The number of nitrogens with one attached hydrogen (secondary N) is 1. The first-order valence-corrected chi connectivity index (χ1v) is 11.1. The Morgan fingerprint density at radius 1 is 1.22 bits per heavy atom. The number of carbonyl (C=O) groups is 1. The lowest BCUT2D eigenvalue weighted by Crippen LogP contribution is -2.13. The predicted molar refractivity (Wildman–Crippen MR) is 126 cm³/mol. The molecule has 7 nitrogen and oxygen atoms in total. The zero-order valence-electron chi connectivity index (χ0n) is 17.6. The van der Waals surface area contributed by atoms with Crippen LogP contribution in [0.5, 0.6) is 0 Å². The quantitative estimate of drug-likeness (QED) is 0.400. The smallest absolute Gasteiger partial charge is 0.249 e. The Labute approximate surface area is 190 Å². The highest BCUT2D eigenvalue weighted by Gasteiger charge is 2.12. The number of rotatable bonds is 8. The van der Waals surface area contributed by atoms with Gasteiger partial charge in [-0.2, -0.15) is 15.5 Å². The van der Waals surface area contributed by atoms with Crippen molar-refractivity contribution in [2.24, 2.45) is 0 Å². The van der Waals surface area contributed by atoms with E-state index in [4.69, 9.17) is 10.4 Å². The summed E-state index contributed by atoms with van der Waals surface area (Å²) in [6, 6.07) is 18.0. The molecule has 0 bridgehead atoms. The monoisotopic (exact) mass is 442 g/mol. The summed E-state index contributed by atoms with van der Waals surface area (Å²) >= 11 is 1.61. The van der Waals surface area contributed by atoms with E-state index in [1.165, 1.54) is 6.08 Å². The molecular weight excluding hydrogens is 420 g/mol. The van der Waals surface area contributed by atoms with E-state index in [1.807, 2.05) is 53.5 Å². The lowest BCUT2D eigenvalue weighted by Gasteiger charge is -2.05. The second kappa shape index (κ2) is 9.90. The Morgan fingerprint density at radius 2 is 2.06 bits per heavy atom. The molecule has 0 spiro atoms. The maximum Gasteiger partial charge on any atom is 0.249 e. The Kier molecular flexibility index (Phi) is 6.58. The molecule has 3 heterocycles. The second-order valence-corrected chi connectivity index (χ2v) is 8.17. The Bertz CT molecular complexity index is 1260. The van der Waals surface area contributed by atoms with Crippen molar-refractivity contribution in [2.75, 3.05) is 5.32 Å². The van der Waals surface area contributed by atoms with Gasteiger partial charge in [0.2, 0.25) is 5.91 Å². The minimum absolute atomic E-state index is 0.268. The molecule has 3 aromatic heterocycles. The summed E-state index contributed by atoms with van der Waals surface area (Å²) in [5, 5.41) is 22.8. The van der Waals surface area contributed by atoms with Crippen LogP contribution in [0.4, 0.5) is 5.82 Å². The van der Waals surface area contributed by atoms with Gasteiger partial charge in [0, 0.05) is 23.9 Å². The molecule has 0 radical (unpaired) electrons. The summed E-state index contributed by atoms with van der Waals surface area (Å²) in [7, 11) is 0. The molecule has 4 aromatic rings. The highest BCUT2D eigenvalue weighted by Crippen LogP contribution is 2.28. The zero-order chi connectivity index (χ0) is 22.3. The fourth-order valence-electron chi connectivity index (χ4n) is 3.32. The Morgan fingerprint density at radius 3 is 2.81 bits per heavy atom. The van der Waals surface area contributed by atoms with Gasteiger partial charge in [0.1, 0.15) is 11.5 Å². The third-order valence-electron chi connectivity index (χ3n) is 4.74. The molecule has 1 aromatic carbocycles. The predicted octanol–water partition coefficient (Wildman–Crippen LogP) is 4.73. The lowest BCUT2D eigenvalue weighted by molar-refractivity contribution is -0.111. The van der Waals surface area contributed by atoms with Crippen LogP contribution in [0.2, 0.25) is 0 Å². The molecule has 160 valence electrons. The standard InChI is InChI=1S/C24H22N6OS/c1-18-15-22(30(27-18)13-6-12-25)26-23(31)11-10-20-17-29(16-19-7-3-2-4-8-19)28-24(20)21-9-5-14-32-21/h2-5,7-11,14-15,17H,6,13,16H2,1H3,(H,26,31)/b11-10+. The number of anilines is 1. The van der Waals surface area contributed by atoms with Gasteiger partial charge in [-0.15, -0.1) is 11.3 Å². The van der Waals surface area contributed by atoms with Crippen molar-refractivity contribution < 1.29 is 4.79 Å². The molecule has 4 rings (SSSR count). The van der Waals surface area contributed by atoms with Crippen molar-refractivity contribution in [2.45, 2.75) is 26.4 Å². The zero-order valence-corrected chi connectivity index (χ0v) is 18.4. The van der Waals surface area contributed by atoms with Crippen LogP contribution in [0.3, 0.4) is 0 Å². The largest absolute Gasteiger partial charge is 0.307 e. The number of hydrogen-bond donors (Lipinski definition) is 1.